The van der Waals surface area contributed by atoms with E-state index in [1.54, 1.807) is 0 Å². The summed E-state index contributed by atoms with van der Waals surface area (Å²) in [5.41, 5.74) is -1.95. The molecule has 9 heteroatoms. The monoisotopic (exact) mass is 220 g/mol. The van der Waals surface area contributed by atoms with E-state index in [1.807, 2.05) is 0 Å². The summed E-state index contributed by atoms with van der Waals surface area (Å²) < 4.78 is 61.5. The Morgan fingerprint density at radius 3 is 1.75 bits per heavy atom. The zero-order valence-electron chi connectivity index (χ0n) is 6.04. The molecule has 1 unspecified atom stereocenters. The van der Waals surface area contributed by atoms with Crippen molar-refractivity contribution in [3.63, 3.8) is 0 Å². The van der Waals surface area contributed by atoms with E-state index in [0.717, 1.165) is 7.11 Å². The van der Waals surface area contributed by atoms with Gasteiger partial charge >= 0.3 is 0 Å². The zero-order chi connectivity index (χ0) is 9.99. The van der Waals surface area contributed by atoms with Gasteiger partial charge in [-0.2, -0.15) is 16.8 Å². The van der Waals surface area contributed by atoms with Gasteiger partial charge < -0.3 is 4.74 Å². The van der Waals surface area contributed by atoms with Crippen LogP contribution in [-0.2, 0) is 25.0 Å². The largest absolute Gasteiger partial charge is 0.362 e. The van der Waals surface area contributed by atoms with Crippen LogP contribution in [0.25, 0.3) is 0 Å². The van der Waals surface area contributed by atoms with Crippen LogP contribution in [-0.4, -0.2) is 44.2 Å². The van der Waals surface area contributed by atoms with E-state index < -0.39 is 31.4 Å². The lowest BCUT2D eigenvalue weighted by Crippen LogP contribution is -2.30. The molecule has 0 aliphatic rings. The molecule has 0 saturated heterocycles. The molecule has 0 aromatic heterocycles. The van der Waals surface area contributed by atoms with Gasteiger partial charge in [0.15, 0.2) is 5.44 Å². The van der Waals surface area contributed by atoms with Crippen LogP contribution in [0, 0.1) is 0 Å². The molecule has 0 bridgehead atoms. The van der Waals surface area contributed by atoms with E-state index in [9.17, 15) is 16.8 Å². The average molecular weight is 220 g/mol. The van der Waals surface area contributed by atoms with Gasteiger partial charge in [0.25, 0.3) is 20.2 Å². The van der Waals surface area contributed by atoms with E-state index in [1.165, 1.54) is 0 Å². The topological polar surface area (TPSA) is 118 Å². The third kappa shape index (κ3) is 4.62. The lowest BCUT2D eigenvalue weighted by atomic mass is 10.8. The van der Waals surface area contributed by atoms with Crippen molar-refractivity contribution in [3.05, 3.63) is 0 Å². The smallest absolute Gasteiger partial charge is 0.293 e. The van der Waals surface area contributed by atoms with E-state index in [4.69, 9.17) is 9.11 Å². The molecule has 0 rings (SSSR count). The molecule has 0 spiro atoms. The summed E-state index contributed by atoms with van der Waals surface area (Å²) in [7, 11) is -8.20. The van der Waals surface area contributed by atoms with E-state index >= 15 is 0 Å². The van der Waals surface area contributed by atoms with Crippen molar-refractivity contribution in [2.75, 3.05) is 12.9 Å². The Balaban J connectivity index is 4.64. The Hall–Kier alpha value is -0.220. The second kappa shape index (κ2) is 3.66. The van der Waals surface area contributed by atoms with Crippen molar-refractivity contribution in [2.24, 2.45) is 0 Å². The first-order valence-corrected chi connectivity index (χ1v) is 5.72. The number of rotatable bonds is 4. The van der Waals surface area contributed by atoms with Gasteiger partial charge in [-0.1, -0.05) is 0 Å². The first-order valence-electron chi connectivity index (χ1n) is 2.61. The van der Waals surface area contributed by atoms with Crippen LogP contribution < -0.4 is 0 Å². The molecule has 1 atom stereocenters. The second-order valence-electron chi connectivity index (χ2n) is 1.93. The molecule has 0 aliphatic heterocycles. The summed E-state index contributed by atoms with van der Waals surface area (Å²) in [5.74, 6) is -1.19. The van der Waals surface area contributed by atoms with Crippen LogP contribution in [0.2, 0.25) is 0 Å². The minimum Gasteiger partial charge on any atom is -0.362 e. The van der Waals surface area contributed by atoms with Crippen LogP contribution in [0.5, 0.6) is 0 Å². The fourth-order valence-corrected chi connectivity index (χ4v) is 2.37. The molecule has 0 aliphatic carbocycles. The van der Waals surface area contributed by atoms with Crippen LogP contribution in [0.15, 0.2) is 0 Å². The summed E-state index contributed by atoms with van der Waals surface area (Å²) in [6.07, 6.45) is 0. The summed E-state index contributed by atoms with van der Waals surface area (Å²) >= 11 is 0. The molecule has 7 nitrogen and oxygen atoms in total. The zero-order valence-corrected chi connectivity index (χ0v) is 7.67. The fourth-order valence-electron chi connectivity index (χ4n) is 0.448. The van der Waals surface area contributed by atoms with Crippen molar-refractivity contribution in [1.82, 2.24) is 0 Å². The van der Waals surface area contributed by atoms with Crippen molar-refractivity contribution in [2.45, 2.75) is 5.44 Å². The number of ether oxygens (including phenoxy) is 1. The van der Waals surface area contributed by atoms with Crippen LogP contribution in [0.4, 0.5) is 0 Å². The fraction of sp³-hybridized carbons (Fsp3) is 1.00. The Bertz CT molecular complexity index is 324. The summed E-state index contributed by atoms with van der Waals surface area (Å²) in [5, 5.41) is 0. The van der Waals surface area contributed by atoms with Crippen molar-refractivity contribution < 1.29 is 30.7 Å². The molecule has 74 valence electrons. The van der Waals surface area contributed by atoms with Crippen LogP contribution in [0.3, 0.4) is 0 Å². The highest BCUT2D eigenvalue weighted by molar-refractivity contribution is 7.90. The molecule has 0 aromatic carbocycles. The minimum atomic E-state index is -4.61. The van der Waals surface area contributed by atoms with Gasteiger partial charge in [0.05, 0.1) is 0 Å². The highest BCUT2D eigenvalue weighted by Gasteiger charge is 2.27. The van der Waals surface area contributed by atoms with Crippen molar-refractivity contribution in [3.8, 4) is 0 Å². The third-order valence-corrected chi connectivity index (χ3v) is 2.90. The molecular formula is C3H8O7S2. The highest BCUT2D eigenvalue weighted by atomic mass is 32.2. The van der Waals surface area contributed by atoms with Crippen molar-refractivity contribution >= 4 is 20.2 Å². The lowest BCUT2D eigenvalue weighted by molar-refractivity contribution is 0.169. The molecule has 0 amide bonds. The first-order chi connectivity index (χ1) is 5.17. The maximum absolute atomic E-state index is 10.3. The Morgan fingerprint density at radius 1 is 1.25 bits per heavy atom. The lowest BCUT2D eigenvalue weighted by Gasteiger charge is -2.08. The number of hydrogen-bond donors (Lipinski definition) is 2. The predicted octanol–water partition coefficient (Wildman–Crippen LogP) is -1.27. The summed E-state index contributed by atoms with van der Waals surface area (Å²) in [6.45, 7) is 0. The van der Waals surface area contributed by atoms with Gasteiger partial charge in [0.2, 0.25) is 0 Å². The van der Waals surface area contributed by atoms with E-state index in [2.05, 4.69) is 4.74 Å². The van der Waals surface area contributed by atoms with E-state index in [-0.39, 0.29) is 0 Å². The Labute approximate surface area is 69.8 Å². The Morgan fingerprint density at radius 2 is 1.67 bits per heavy atom. The maximum atomic E-state index is 10.3. The molecule has 0 saturated carbocycles. The molecule has 0 radical (unpaired) electrons. The SMILES string of the molecule is COC(CS(=O)(=O)O)S(=O)(=O)O. The molecule has 0 aromatic rings. The molecular weight excluding hydrogens is 212 g/mol. The quantitative estimate of drug-likeness (QED) is 0.567. The van der Waals surface area contributed by atoms with Gasteiger partial charge in [-0.3, -0.25) is 9.11 Å². The highest BCUT2D eigenvalue weighted by Crippen LogP contribution is 2.02. The molecule has 0 heterocycles. The summed E-state index contributed by atoms with van der Waals surface area (Å²) in [4.78, 5) is 0. The second-order valence-corrected chi connectivity index (χ2v) is 4.98. The maximum Gasteiger partial charge on any atom is 0.293 e. The van der Waals surface area contributed by atoms with Crippen molar-refractivity contribution in [1.29, 1.82) is 0 Å². The molecule has 0 fully saturated rings. The summed E-state index contributed by atoms with van der Waals surface area (Å²) in [6, 6.07) is 0. The van der Waals surface area contributed by atoms with Gasteiger partial charge in [-0.25, -0.2) is 0 Å². The molecule has 12 heavy (non-hydrogen) atoms. The predicted molar refractivity (Wildman–Crippen MR) is 38.8 cm³/mol. The standard InChI is InChI=1S/C3H8O7S2/c1-10-3(12(7,8)9)2-11(4,5)6/h3H,2H2,1H3,(H,4,5,6)(H,7,8,9). The van der Waals surface area contributed by atoms with Crippen LogP contribution in [0.1, 0.15) is 0 Å². The van der Waals surface area contributed by atoms with Gasteiger partial charge in [-0.15, -0.1) is 0 Å². The first kappa shape index (κ1) is 11.8. The normalized spacial score (nSPS) is 15.9. The van der Waals surface area contributed by atoms with E-state index in [0.29, 0.717) is 0 Å². The third-order valence-electron chi connectivity index (χ3n) is 0.942. The minimum absolute atomic E-state index is 0.892. The van der Waals surface area contributed by atoms with Gasteiger partial charge in [0.1, 0.15) is 5.75 Å². The molecule has 2 N–H and O–H groups in total. The van der Waals surface area contributed by atoms with Crippen LogP contribution >= 0.6 is 0 Å². The van der Waals surface area contributed by atoms with Gasteiger partial charge in [-0.05, 0) is 0 Å². The Kier molecular flexibility index (Phi) is 3.59. The number of hydrogen-bond acceptors (Lipinski definition) is 5. The number of methoxy groups -OCH3 is 1. The van der Waals surface area contributed by atoms with Gasteiger partial charge in [0, 0.05) is 7.11 Å². The average Bonchev–Trinajstić information content (AvgIpc) is 1.78.